The average molecular weight is 281 g/mol. The molecule has 4 nitrogen and oxygen atoms in total. The van der Waals surface area contributed by atoms with Crippen LogP contribution >= 0.6 is 0 Å². The molecular weight excluding hydrogens is 263 g/mol. The molecule has 0 radical (unpaired) electrons. The number of hydrogen-bond donors (Lipinski definition) is 1. The number of carbonyl (C=O) groups excluding carboxylic acids is 1. The molecule has 1 rings (SSSR count). The van der Waals surface area contributed by atoms with Gasteiger partial charge in [-0.1, -0.05) is 20.3 Å². The van der Waals surface area contributed by atoms with E-state index in [2.05, 4.69) is 0 Å². The Morgan fingerprint density at radius 3 is 2.37 bits per heavy atom. The molecule has 1 fully saturated rings. The molecule has 1 amide bonds. The van der Waals surface area contributed by atoms with Crippen molar-refractivity contribution in [2.75, 3.05) is 13.1 Å². The summed E-state index contributed by atoms with van der Waals surface area (Å²) in [4.78, 5) is 23.8. The zero-order chi connectivity index (χ0) is 14.8. The van der Waals surface area contributed by atoms with Gasteiger partial charge in [0.25, 0.3) is 0 Å². The molecule has 0 spiro atoms. The second-order valence-corrected chi connectivity index (χ2v) is 5.17. The molecule has 0 aromatic rings. The van der Waals surface area contributed by atoms with Gasteiger partial charge in [-0.2, -0.15) is 13.2 Å². The maximum Gasteiger partial charge on any atom is 0.406 e. The SMILES string of the molecule is CCC(C)CC(=O)N1CCC(C(=O)O)(C(F)(F)F)C1. The number of alkyl halides is 3. The summed E-state index contributed by atoms with van der Waals surface area (Å²) >= 11 is 0. The first-order valence-electron chi connectivity index (χ1n) is 6.22. The summed E-state index contributed by atoms with van der Waals surface area (Å²) < 4.78 is 38.7. The number of amides is 1. The van der Waals surface area contributed by atoms with Crippen LogP contribution in [0.2, 0.25) is 0 Å². The molecule has 1 saturated heterocycles. The summed E-state index contributed by atoms with van der Waals surface area (Å²) in [6.07, 6.45) is -4.50. The van der Waals surface area contributed by atoms with Gasteiger partial charge >= 0.3 is 12.1 Å². The van der Waals surface area contributed by atoms with Crippen LogP contribution in [0.4, 0.5) is 13.2 Å². The predicted octanol–water partition coefficient (Wildman–Crippen LogP) is 2.29. The number of likely N-dealkylation sites (tertiary alicyclic amines) is 1. The molecule has 0 aliphatic carbocycles. The van der Waals surface area contributed by atoms with Gasteiger partial charge in [0.2, 0.25) is 5.91 Å². The third kappa shape index (κ3) is 3.01. The van der Waals surface area contributed by atoms with E-state index in [1.165, 1.54) is 0 Å². The predicted molar refractivity (Wildman–Crippen MR) is 61.4 cm³/mol. The van der Waals surface area contributed by atoms with Gasteiger partial charge in [0, 0.05) is 19.5 Å². The lowest BCUT2D eigenvalue weighted by atomic mass is 9.86. The number of carboxylic acid groups (broad SMARTS) is 1. The Balaban J connectivity index is 2.81. The topological polar surface area (TPSA) is 57.6 Å². The third-order valence-electron chi connectivity index (χ3n) is 3.79. The molecule has 2 unspecified atom stereocenters. The molecule has 0 bridgehead atoms. The molecule has 7 heteroatoms. The average Bonchev–Trinajstić information content (AvgIpc) is 2.74. The zero-order valence-electron chi connectivity index (χ0n) is 11.0. The van der Waals surface area contributed by atoms with Gasteiger partial charge in [0.05, 0.1) is 0 Å². The van der Waals surface area contributed by atoms with E-state index in [4.69, 9.17) is 5.11 Å². The molecule has 1 N–H and O–H groups in total. The Morgan fingerprint density at radius 2 is 2.00 bits per heavy atom. The second kappa shape index (κ2) is 5.38. The second-order valence-electron chi connectivity index (χ2n) is 5.17. The van der Waals surface area contributed by atoms with E-state index >= 15 is 0 Å². The van der Waals surface area contributed by atoms with Gasteiger partial charge in [-0.15, -0.1) is 0 Å². The molecule has 1 heterocycles. The summed E-state index contributed by atoms with van der Waals surface area (Å²) in [6, 6.07) is 0. The van der Waals surface area contributed by atoms with Crippen molar-refractivity contribution >= 4 is 11.9 Å². The molecule has 1 aliphatic heterocycles. The van der Waals surface area contributed by atoms with Crippen LogP contribution in [0.5, 0.6) is 0 Å². The van der Waals surface area contributed by atoms with Crippen molar-refractivity contribution in [1.82, 2.24) is 4.90 Å². The number of carboxylic acids is 1. The lowest BCUT2D eigenvalue weighted by Crippen LogP contribution is -2.47. The van der Waals surface area contributed by atoms with Crippen LogP contribution in [0.15, 0.2) is 0 Å². The van der Waals surface area contributed by atoms with Crippen LogP contribution in [-0.2, 0) is 9.59 Å². The maximum absolute atomic E-state index is 12.9. The van der Waals surface area contributed by atoms with E-state index in [-0.39, 0.29) is 18.9 Å². The van der Waals surface area contributed by atoms with Crippen LogP contribution in [0.3, 0.4) is 0 Å². The fourth-order valence-corrected chi connectivity index (χ4v) is 2.12. The van der Waals surface area contributed by atoms with Crippen LogP contribution < -0.4 is 0 Å². The van der Waals surface area contributed by atoms with E-state index in [0.29, 0.717) is 0 Å². The van der Waals surface area contributed by atoms with Crippen molar-refractivity contribution in [3.63, 3.8) is 0 Å². The van der Waals surface area contributed by atoms with Gasteiger partial charge in [-0.3, -0.25) is 9.59 Å². The molecule has 1 aliphatic rings. The van der Waals surface area contributed by atoms with Gasteiger partial charge < -0.3 is 10.0 Å². The van der Waals surface area contributed by atoms with Crippen molar-refractivity contribution in [3.8, 4) is 0 Å². The fraction of sp³-hybridized carbons (Fsp3) is 0.833. The molecule has 0 aromatic heterocycles. The van der Waals surface area contributed by atoms with Crippen molar-refractivity contribution < 1.29 is 27.9 Å². The Bertz CT molecular complexity index is 370. The minimum atomic E-state index is -4.84. The van der Waals surface area contributed by atoms with Crippen molar-refractivity contribution in [2.45, 2.75) is 39.3 Å². The first-order valence-corrected chi connectivity index (χ1v) is 6.22. The standard InChI is InChI=1S/C12H18F3NO3/c1-3-8(2)6-9(17)16-5-4-11(7-16,10(18)19)12(13,14)15/h8H,3-7H2,1-2H3,(H,18,19). The summed E-state index contributed by atoms with van der Waals surface area (Å²) in [5, 5.41) is 8.87. The first kappa shape index (κ1) is 15.8. The van der Waals surface area contributed by atoms with E-state index in [1.807, 2.05) is 13.8 Å². The summed E-state index contributed by atoms with van der Waals surface area (Å²) in [6.45, 7) is 2.80. The van der Waals surface area contributed by atoms with E-state index in [0.717, 1.165) is 11.3 Å². The lowest BCUT2D eigenvalue weighted by molar-refractivity contribution is -0.227. The Labute approximate surface area is 109 Å². The molecule has 0 aromatic carbocycles. The van der Waals surface area contributed by atoms with Gasteiger partial charge in [-0.25, -0.2) is 0 Å². The summed E-state index contributed by atoms with van der Waals surface area (Å²) in [7, 11) is 0. The minimum absolute atomic E-state index is 0.0817. The largest absolute Gasteiger partial charge is 0.481 e. The lowest BCUT2D eigenvalue weighted by Gasteiger charge is -2.27. The molecular formula is C12H18F3NO3. The van der Waals surface area contributed by atoms with Crippen LogP contribution in [0.25, 0.3) is 0 Å². The molecule has 0 saturated carbocycles. The third-order valence-corrected chi connectivity index (χ3v) is 3.79. The molecule has 2 atom stereocenters. The highest BCUT2D eigenvalue weighted by Crippen LogP contribution is 2.45. The number of aliphatic carboxylic acids is 1. The monoisotopic (exact) mass is 281 g/mol. The normalized spacial score (nSPS) is 25.4. The first-order chi connectivity index (χ1) is 8.64. The maximum atomic E-state index is 12.9. The quantitative estimate of drug-likeness (QED) is 0.860. The van der Waals surface area contributed by atoms with E-state index < -0.39 is 36.4 Å². The van der Waals surface area contributed by atoms with Gasteiger partial charge in [0.1, 0.15) is 0 Å². The van der Waals surface area contributed by atoms with Crippen LogP contribution in [0, 0.1) is 11.3 Å². The number of carbonyl (C=O) groups is 2. The summed E-state index contributed by atoms with van der Waals surface area (Å²) in [5.74, 6) is -2.22. The van der Waals surface area contributed by atoms with Crippen molar-refractivity contribution in [3.05, 3.63) is 0 Å². The Morgan fingerprint density at radius 1 is 1.42 bits per heavy atom. The molecule has 19 heavy (non-hydrogen) atoms. The number of hydrogen-bond acceptors (Lipinski definition) is 2. The molecule has 110 valence electrons. The van der Waals surface area contributed by atoms with Gasteiger partial charge in [0.15, 0.2) is 5.41 Å². The zero-order valence-corrected chi connectivity index (χ0v) is 11.0. The van der Waals surface area contributed by atoms with Crippen molar-refractivity contribution in [2.24, 2.45) is 11.3 Å². The van der Waals surface area contributed by atoms with Crippen LogP contribution in [0.1, 0.15) is 33.1 Å². The summed E-state index contributed by atoms with van der Waals surface area (Å²) in [5.41, 5.74) is -2.81. The van der Waals surface area contributed by atoms with E-state index in [1.54, 1.807) is 0 Å². The highest BCUT2D eigenvalue weighted by molar-refractivity contribution is 5.81. The number of nitrogens with zero attached hydrogens (tertiary/aromatic N) is 1. The number of rotatable bonds is 4. The minimum Gasteiger partial charge on any atom is -0.481 e. The highest BCUT2D eigenvalue weighted by Gasteiger charge is 2.64. The highest BCUT2D eigenvalue weighted by atomic mass is 19.4. The van der Waals surface area contributed by atoms with Crippen molar-refractivity contribution in [1.29, 1.82) is 0 Å². The van der Waals surface area contributed by atoms with E-state index in [9.17, 15) is 22.8 Å². The number of halogens is 3. The van der Waals surface area contributed by atoms with Gasteiger partial charge in [-0.05, 0) is 12.3 Å². The Kier molecular flexibility index (Phi) is 4.47. The Hall–Kier alpha value is -1.27. The van der Waals surface area contributed by atoms with Crippen LogP contribution in [-0.4, -0.2) is 41.1 Å². The smallest absolute Gasteiger partial charge is 0.406 e. The fourth-order valence-electron chi connectivity index (χ4n) is 2.12.